The van der Waals surface area contributed by atoms with E-state index in [9.17, 15) is 19.2 Å². The first-order valence-corrected chi connectivity index (χ1v) is 24.5. The zero-order valence-corrected chi connectivity index (χ0v) is 41.0. The summed E-state index contributed by atoms with van der Waals surface area (Å²) in [7, 11) is 1.99. The van der Waals surface area contributed by atoms with Crippen LogP contribution in [0, 0.1) is 5.92 Å². The quantitative estimate of drug-likeness (QED) is 0.0754. The zero-order valence-electron chi connectivity index (χ0n) is 41.0. The molecule has 6 N–H and O–H groups in total. The highest BCUT2D eigenvalue weighted by atomic mass is 16.2. The molecule has 1 unspecified atom stereocenters. The fourth-order valence-electron chi connectivity index (χ4n) is 10.1. The first-order chi connectivity index (χ1) is 36.0. The van der Waals surface area contributed by atoms with Crippen molar-refractivity contribution in [3.63, 3.8) is 0 Å². The van der Waals surface area contributed by atoms with Crippen molar-refractivity contribution in [2.45, 2.75) is 44.7 Å². The number of pyridine rings is 2. The van der Waals surface area contributed by atoms with Crippen LogP contribution in [0.25, 0.3) is 33.5 Å². The number of likely N-dealkylation sites (tertiary alicyclic amines) is 2. The largest absolute Gasteiger partial charge is 0.382 e. The molecule has 19 heteroatoms. The van der Waals surface area contributed by atoms with Gasteiger partial charge in [0.25, 0.3) is 11.8 Å². The lowest BCUT2D eigenvalue weighted by Crippen LogP contribution is -2.32. The van der Waals surface area contributed by atoms with Crippen LogP contribution in [0.15, 0.2) is 141 Å². The molecule has 19 nitrogen and oxygen atoms in total. The highest BCUT2D eigenvalue weighted by molar-refractivity contribution is 6.05. The van der Waals surface area contributed by atoms with E-state index >= 15 is 0 Å². The van der Waals surface area contributed by atoms with Crippen molar-refractivity contribution in [1.29, 1.82) is 0 Å². The molecule has 74 heavy (non-hydrogen) atoms. The molecule has 0 bridgehead atoms. The van der Waals surface area contributed by atoms with E-state index in [1.54, 1.807) is 84.4 Å². The monoisotopic (exact) mass is 989 g/mol. The van der Waals surface area contributed by atoms with Gasteiger partial charge in [-0.1, -0.05) is 49.9 Å². The van der Waals surface area contributed by atoms with Crippen molar-refractivity contribution in [2.24, 2.45) is 5.92 Å². The van der Waals surface area contributed by atoms with Gasteiger partial charge in [-0.2, -0.15) is 0 Å². The Bertz CT molecular complexity index is 3440. The minimum Gasteiger partial charge on any atom is -0.382 e. The fourth-order valence-corrected chi connectivity index (χ4v) is 10.1. The van der Waals surface area contributed by atoms with E-state index in [4.69, 9.17) is 21.4 Å². The van der Waals surface area contributed by atoms with E-state index in [1.165, 1.54) is 6.08 Å². The van der Waals surface area contributed by atoms with Crippen LogP contribution in [-0.2, 0) is 16.0 Å². The molecule has 10 rings (SSSR count). The number of anilines is 4. The molecule has 8 heterocycles. The second-order valence-corrected chi connectivity index (χ2v) is 18.5. The third-order valence-electron chi connectivity index (χ3n) is 13.7. The first-order valence-electron chi connectivity index (χ1n) is 24.5. The van der Waals surface area contributed by atoms with Gasteiger partial charge in [0, 0.05) is 91.7 Å². The topological polar surface area (TPSA) is 240 Å². The molecule has 8 aromatic rings. The Hall–Kier alpha value is -9.10. The van der Waals surface area contributed by atoms with E-state index in [1.807, 2.05) is 76.3 Å². The molecule has 0 aliphatic carbocycles. The average Bonchev–Trinajstić information content (AvgIpc) is 4.24. The Labute approximate surface area is 426 Å². The van der Waals surface area contributed by atoms with Gasteiger partial charge in [0.1, 0.15) is 57.3 Å². The van der Waals surface area contributed by atoms with Gasteiger partial charge in [0.05, 0.1) is 12.1 Å². The maximum Gasteiger partial charge on any atom is 0.256 e. The molecule has 4 amide bonds. The smallest absolute Gasteiger partial charge is 0.256 e. The van der Waals surface area contributed by atoms with Crippen LogP contribution in [0.1, 0.15) is 76.2 Å². The highest BCUT2D eigenvalue weighted by Gasteiger charge is 2.39. The lowest BCUT2D eigenvalue weighted by molar-refractivity contribution is -0.127. The second kappa shape index (κ2) is 20.9. The summed E-state index contributed by atoms with van der Waals surface area (Å²) in [5, 5.41) is 5.68. The molecule has 6 aromatic heterocycles. The molecule has 2 fully saturated rings. The number of nitrogens with one attached hydrogen (secondary N) is 2. The number of carbonyl (C=O) groups is 4. The van der Waals surface area contributed by atoms with E-state index in [-0.39, 0.29) is 41.4 Å². The number of fused-ring (bicyclic) bond motifs is 2. The van der Waals surface area contributed by atoms with Gasteiger partial charge in [0.2, 0.25) is 11.8 Å². The van der Waals surface area contributed by atoms with E-state index in [0.29, 0.717) is 102 Å². The number of hydrogen-bond donors (Lipinski definition) is 4. The summed E-state index contributed by atoms with van der Waals surface area (Å²) >= 11 is 0. The third-order valence-corrected chi connectivity index (χ3v) is 13.7. The molecule has 3 atom stereocenters. The van der Waals surface area contributed by atoms with Crippen LogP contribution >= 0.6 is 0 Å². The molecular formula is C55H55N15O4. The van der Waals surface area contributed by atoms with Gasteiger partial charge in [-0.15, -0.1) is 0 Å². The number of likely N-dealkylation sites (N-methyl/N-ethyl adjacent to an activating group) is 1. The summed E-state index contributed by atoms with van der Waals surface area (Å²) in [4.78, 5) is 86.9. The number of aryl methyl sites for hydroxylation is 1. The SMILES string of the molecule is C=CC(=O)N1CC(CN(C)C/C=C/C(=O)N2CCC[C@H]2c2nc(-c3ccc(C(=O)Nc4ccccn4)cc3)c3c(N)nccn23)C[C@H]1c1nc(-c2ccc(C(=O)Nc3cc(CC)ccn3)cc2)c2c(N)nccn12. The third kappa shape index (κ3) is 9.79. The normalized spacial score (nSPS) is 16.7. The van der Waals surface area contributed by atoms with Crippen LogP contribution in [0.3, 0.4) is 0 Å². The molecule has 2 saturated heterocycles. The molecule has 2 aliphatic heterocycles. The van der Waals surface area contributed by atoms with Crippen LogP contribution in [0.4, 0.5) is 23.3 Å². The summed E-state index contributed by atoms with van der Waals surface area (Å²) < 4.78 is 3.81. The minimum absolute atomic E-state index is 0.0612. The summed E-state index contributed by atoms with van der Waals surface area (Å²) in [6, 6.07) is 22.6. The summed E-state index contributed by atoms with van der Waals surface area (Å²) in [5.74, 6) is 1.96. The van der Waals surface area contributed by atoms with Gasteiger partial charge >= 0.3 is 0 Å². The number of nitrogens with zero attached hydrogens (tertiary/aromatic N) is 11. The standard InChI is InChI=1S/C55H55N15O4/c1-4-34-21-23-59-43(31-34)63-55(74)39-19-15-37(16-20-39)47-49-51(57)61-25-29-69(49)53(65-47)41-30-35(33-70(41)44(71)5-2)32-66(3)26-9-12-45(72)67-27-8-10-40(67)52-64-46(48-50(56)60-24-28-68(48)52)36-13-17-38(18-14-36)54(73)62-42-11-6-7-22-58-42/h5-7,9,11-25,28-29,31,35,40-41H,2,4,8,10,26-27,30,32-33H2,1,3H3,(H2,56,60)(H2,57,61)(H,58,62,73)(H,59,63,74)/b12-9+/t35?,40-,41-/m0/s1. The molecular weight excluding hydrogens is 935 g/mol. The van der Waals surface area contributed by atoms with Crippen molar-refractivity contribution in [1.82, 2.24) is 53.4 Å². The summed E-state index contributed by atoms with van der Waals surface area (Å²) in [6.07, 6.45) is 17.9. The van der Waals surface area contributed by atoms with Gasteiger partial charge in [-0.3, -0.25) is 28.0 Å². The van der Waals surface area contributed by atoms with Crippen LogP contribution in [-0.4, -0.2) is 110 Å². The summed E-state index contributed by atoms with van der Waals surface area (Å²) in [5.41, 5.74) is 18.8. The van der Waals surface area contributed by atoms with Crippen molar-refractivity contribution in [2.75, 3.05) is 55.3 Å². The van der Waals surface area contributed by atoms with E-state index < -0.39 is 6.04 Å². The Morgan fingerprint density at radius 3 is 1.93 bits per heavy atom. The Balaban J connectivity index is 0.812. The number of carbonyl (C=O) groups excluding carboxylic acids is 4. The second-order valence-electron chi connectivity index (χ2n) is 18.5. The lowest BCUT2D eigenvalue weighted by Gasteiger charge is -2.23. The van der Waals surface area contributed by atoms with E-state index in [2.05, 4.69) is 42.0 Å². The number of imidazole rings is 2. The number of hydrogen-bond acceptors (Lipinski definition) is 13. The summed E-state index contributed by atoms with van der Waals surface area (Å²) in [6.45, 7) is 8.00. The maximum atomic E-state index is 14.0. The molecule has 0 spiro atoms. The van der Waals surface area contributed by atoms with Crippen molar-refractivity contribution >= 4 is 57.9 Å². The molecule has 374 valence electrons. The average molecular weight is 990 g/mol. The lowest BCUT2D eigenvalue weighted by atomic mass is 10.0. The molecule has 2 aliphatic rings. The number of amides is 4. The Kier molecular flexibility index (Phi) is 13.7. The number of rotatable bonds is 15. The number of aromatic nitrogens is 8. The van der Waals surface area contributed by atoms with Crippen LogP contribution < -0.4 is 22.1 Å². The van der Waals surface area contributed by atoms with Crippen molar-refractivity contribution in [3.05, 3.63) is 169 Å². The predicted molar refractivity (Wildman–Crippen MR) is 283 cm³/mol. The Morgan fingerprint density at radius 1 is 0.730 bits per heavy atom. The molecule has 0 radical (unpaired) electrons. The predicted octanol–water partition coefficient (Wildman–Crippen LogP) is 7.05. The van der Waals surface area contributed by atoms with E-state index in [0.717, 1.165) is 29.5 Å². The Morgan fingerprint density at radius 2 is 1.34 bits per heavy atom. The van der Waals surface area contributed by atoms with Crippen molar-refractivity contribution in [3.8, 4) is 22.5 Å². The maximum absolute atomic E-state index is 14.0. The first kappa shape index (κ1) is 48.5. The van der Waals surface area contributed by atoms with Gasteiger partial charge in [-0.05, 0) is 98.8 Å². The molecule has 0 saturated carbocycles. The zero-order chi connectivity index (χ0) is 51.5. The number of nitrogen functional groups attached to an aromatic ring is 2. The number of nitrogens with two attached hydrogens (primary N) is 2. The van der Waals surface area contributed by atoms with Crippen molar-refractivity contribution < 1.29 is 19.2 Å². The fraction of sp³-hybridized carbons (Fsp3) is 0.236. The van der Waals surface area contributed by atoms with Gasteiger partial charge < -0.3 is 36.8 Å². The molecule has 2 aromatic carbocycles. The van der Waals surface area contributed by atoms with Crippen LogP contribution in [0.5, 0.6) is 0 Å². The minimum atomic E-state index is -0.406. The highest BCUT2D eigenvalue weighted by Crippen LogP contribution is 2.40. The van der Waals surface area contributed by atoms with Gasteiger partial charge in [-0.25, -0.2) is 29.9 Å². The van der Waals surface area contributed by atoms with Gasteiger partial charge in [0.15, 0.2) is 0 Å². The number of benzene rings is 2. The van der Waals surface area contributed by atoms with Crippen LogP contribution in [0.2, 0.25) is 0 Å².